The van der Waals surface area contributed by atoms with Crippen LogP contribution in [-0.2, 0) is 11.9 Å². The Morgan fingerprint density at radius 2 is 2.27 bits per heavy atom. The van der Waals surface area contributed by atoms with Gasteiger partial charge in [-0.1, -0.05) is 17.3 Å². The third-order valence-electron chi connectivity index (χ3n) is 2.63. The highest BCUT2D eigenvalue weighted by Gasteiger charge is 2.26. The molecule has 0 unspecified atom stereocenters. The first-order valence-electron chi connectivity index (χ1n) is 6.08. The molecule has 22 heavy (non-hydrogen) atoms. The fourth-order valence-electron chi connectivity index (χ4n) is 1.66. The molecule has 0 N–H and O–H groups in total. The van der Waals surface area contributed by atoms with E-state index in [1.165, 1.54) is 20.4 Å². The molecule has 9 heteroatoms. The lowest BCUT2D eigenvalue weighted by Gasteiger charge is -1.99. The molecule has 0 saturated heterocycles. The summed E-state index contributed by atoms with van der Waals surface area (Å²) >= 11 is 0. The zero-order chi connectivity index (χ0) is 16.1. The maximum Gasteiger partial charge on any atom is 0.392 e. The van der Waals surface area contributed by atoms with Crippen molar-refractivity contribution in [2.75, 3.05) is 7.11 Å². The SMILES string of the molecule is COc1cccc(/C=N/OC(=O)c2nn(C)cc2[N+](=O)[O-])c1. The van der Waals surface area contributed by atoms with Crippen LogP contribution < -0.4 is 4.74 Å². The van der Waals surface area contributed by atoms with Crippen molar-refractivity contribution >= 4 is 17.9 Å². The van der Waals surface area contributed by atoms with E-state index in [0.717, 1.165) is 10.9 Å². The van der Waals surface area contributed by atoms with Crippen LogP contribution in [0.2, 0.25) is 0 Å². The number of nitrogens with zero attached hydrogens (tertiary/aromatic N) is 4. The van der Waals surface area contributed by atoms with Gasteiger partial charge in [-0.15, -0.1) is 0 Å². The fraction of sp³-hybridized carbons (Fsp3) is 0.154. The summed E-state index contributed by atoms with van der Waals surface area (Å²) in [6.45, 7) is 0. The number of carbonyl (C=O) groups is 1. The predicted molar refractivity (Wildman–Crippen MR) is 75.9 cm³/mol. The Balaban J connectivity index is 2.09. The van der Waals surface area contributed by atoms with Crippen LogP contribution in [0.15, 0.2) is 35.6 Å². The van der Waals surface area contributed by atoms with E-state index < -0.39 is 22.3 Å². The van der Waals surface area contributed by atoms with Crippen LogP contribution in [0.3, 0.4) is 0 Å². The average molecular weight is 304 g/mol. The van der Waals surface area contributed by atoms with Gasteiger partial charge in [-0.2, -0.15) is 5.10 Å². The molecule has 0 spiro atoms. The Morgan fingerprint density at radius 3 is 2.95 bits per heavy atom. The van der Waals surface area contributed by atoms with Crippen molar-refractivity contribution < 1.29 is 19.3 Å². The van der Waals surface area contributed by atoms with E-state index in [9.17, 15) is 14.9 Å². The largest absolute Gasteiger partial charge is 0.497 e. The Morgan fingerprint density at radius 1 is 1.50 bits per heavy atom. The topological polar surface area (TPSA) is 109 Å². The van der Waals surface area contributed by atoms with Gasteiger partial charge < -0.3 is 9.57 Å². The maximum absolute atomic E-state index is 11.8. The third-order valence-corrected chi connectivity index (χ3v) is 2.63. The summed E-state index contributed by atoms with van der Waals surface area (Å²) in [6.07, 6.45) is 2.40. The molecule has 9 nitrogen and oxygen atoms in total. The smallest absolute Gasteiger partial charge is 0.392 e. The van der Waals surface area contributed by atoms with Crippen molar-refractivity contribution in [2.45, 2.75) is 0 Å². The lowest BCUT2D eigenvalue weighted by Crippen LogP contribution is -2.05. The van der Waals surface area contributed by atoms with E-state index in [-0.39, 0.29) is 0 Å². The summed E-state index contributed by atoms with van der Waals surface area (Å²) in [4.78, 5) is 26.5. The van der Waals surface area contributed by atoms with Crippen molar-refractivity contribution in [1.82, 2.24) is 9.78 Å². The van der Waals surface area contributed by atoms with Crippen LogP contribution in [0.5, 0.6) is 5.75 Å². The molecule has 2 aromatic rings. The van der Waals surface area contributed by atoms with E-state index >= 15 is 0 Å². The van der Waals surface area contributed by atoms with E-state index in [0.29, 0.717) is 11.3 Å². The molecule has 0 aliphatic carbocycles. The molecule has 0 aliphatic heterocycles. The standard InChI is InChI=1S/C13H12N4O5/c1-16-8-11(17(19)20)12(15-16)13(18)22-14-7-9-4-3-5-10(6-9)21-2/h3-8H,1-2H3/b14-7+. The molecule has 114 valence electrons. The van der Waals surface area contributed by atoms with Crippen molar-refractivity contribution in [1.29, 1.82) is 0 Å². The van der Waals surface area contributed by atoms with Gasteiger partial charge in [0.15, 0.2) is 0 Å². The minimum Gasteiger partial charge on any atom is -0.497 e. The van der Waals surface area contributed by atoms with Crippen LogP contribution in [0, 0.1) is 10.1 Å². The van der Waals surface area contributed by atoms with E-state index in [1.807, 2.05) is 0 Å². The summed E-state index contributed by atoms with van der Waals surface area (Å²) in [5.74, 6) is -0.387. The fourth-order valence-corrected chi connectivity index (χ4v) is 1.66. The van der Waals surface area contributed by atoms with E-state index in [2.05, 4.69) is 15.1 Å². The summed E-state index contributed by atoms with van der Waals surface area (Å²) in [5.41, 5.74) is -0.206. The van der Waals surface area contributed by atoms with Crippen LogP contribution in [-0.4, -0.2) is 34.0 Å². The third kappa shape index (κ3) is 3.45. The first-order chi connectivity index (χ1) is 10.5. The van der Waals surface area contributed by atoms with Crippen molar-refractivity contribution in [3.05, 3.63) is 51.8 Å². The first kappa shape index (κ1) is 15.2. The Kier molecular flexibility index (Phi) is 4.47. The zero-order valence-corrected chi connectivity index (χ0v) is 11.8. The highest BCUT2D eigenvalue weighted by Crippen LogP contribution is 2.17. The summed E-state index contributed by atoms with van der Waals surface area (Å²) in [5, 5.41) is 18.0. The number of aryl methyl sites for hydroxylation is 1. The molecule has 0 atom stereocenters. The second kappa shape index (κ2) is 6.48. The molecular formula is C13H12N4O5. The van der Waals surface area contributed by atoms with Gasteiger partial charge in [-0.25, -0.2) is 4.79 Å². The molecule has 1 aromatic heterocycles. The minimum absolute atomic E-state index is 0.407. The average Bonchev–Trinajstić information content (AvgIpc) is 2.90. The van der Waals surface area contributed by atoms with Gasteiger partial charge in [-0.05, 0) is 17.7 Å². The highest BCUT2D eigenvalue weighted by atomic mass is 16.7. The number of aromatic nitrogens is 2. The number of carbonyl (C=O) groups excluding carboxylic acids is 1. The summed E-state index contributed by atoms with van der Waals surface area (Å²) in [7, 11) is 2.99. The van der Waals surface area contributed by atoms with Gasteiger partial charge in [0.1, 0.15) is 11.9 Å². The molecule has 0 bridgehead atoms. The number of hydrogen-bond donors (Lipinski definition) is 0. The van der Waals surface area contributed by atoms with Gasteiger partial charge in [-0.3, -0.25) is 14.8 Å². The Hall–Kier alpha value is -3.23. The monoisotopic (exact) mass is 304 g/mol. The Labute approximate surface area is 124 Å². The van der Waals surface area contributed by atoms with Crippen LogP contribution in [0.4, 0.5) is 5.69 Å². The van der Waals surface area contributed by atoms with Crippen molar-refractivity contribution in [2.24, 2.45) is 12.2 Å². The van der Waals surface area contributed by atoms with E-state index in [1.54, 1.807) is 24.3 Å². The lowest BCUT2D eigenvalue weighted by atomic mass is 10.2. The van der Waals surface area contributed by atoms with Gasteiger partial charge in [0.05, 0.1) is 18.2 Å². The van der Waals surface area contributed by atoms with Crippen molar-refractivity contribution in [3.8, 4) is 5.75 Å². The van der Waals surface area contributed by atoms with Crippen molar-refractivity contribution in [3.63, 3.8) is 0 Å². The lowest BCUT2D eigenvalue weighted by molar-refractivity contribution is -0.385. The van der Waals surface area contributed by atoms with Crippen LogP contribution in [0.1, 0.15) is 16.1 Å². The second-order valence-electron chi connectivity index (χ2n) is 4.18. The summed E-state index contributed by atoms with van der Waals surface area (Å²) in [6, 6.07) is 6.90. The number of benzene rings is 1. The predicted octanol–water partition coefficient (Wildman–Crippen LogP) is 1.53. The van der Waals surface area contributed by atoms with E-state index in [4.69, 9.17) is 4.74 Å². The number of oxime groups is 1. The van der Waals surface area contributed by atoms with Gasteiger partial charge >= 0.3 is 11.7 Å². The number of rotatable bonds is 5. The first-order valence-corrected chi connectivity index (χ1v) is 6.08. The quantitative estimate of drug-likeness (QED) is 0.358. The molecular weight excluding hydrogens is 292 g/mol. The molecule has 0 radical (unpaired) electrons. The van der Waals surface area contributed by atoms with Gasteiger partial charge in [0.2, 0.25) is 5.69 Å². The molecule has 0 fully saturated rings. The molecule has 2 rings (SSSR count). The van der Waals surface area contributed by atoms with Gasteiger partial charge in [0.25, 0.3) is 0 Å². The van der Waals surface area contributed by atoms with Gasteiger partial charge in [0, 0.05) is 7.05 Å². The number of methoxy groups -OCH3 is 1. The minimum atomic E-state index is -1.01. The number of hydrogen-bond acceptors (Lipinski definition) is 7. The molecule has 1 aromatic carbocycles. The van der Waals surface area contributed by atoms with Crippen LogP contribution >= 0.6 is 0 Å². The number of ether oxygens (including phenoxy) is 1. The van der Waals surface area contributed by atoms with Crippen LogP contribution in [0.25, 0.3) is 0 Å². The molecule has 0 saturated carbocycles. The zero-order valence-electron chi connectivity index (χ0n) is 11.8. The normalized spacial score (nSPS) is 10.6. The molecule has 0 amide bonds. The Bertz CT molecular complexity index is 738. The highest BCUT2D eigenvalue weighted by molar-refractivity contribution is 5.92. The summed E-state index contributed by atoms with van der Waals surface area (Å²) < 4.78 is 6.19. The molecule has 1 heterocycles. The number of nitro groups is 1. The second-order valence-corrected chi connectivity index (χ2v) is 4.18. The molecule has 0 aliphatic rings. The maximum atomic E-state index is 11.8.